The smallest absolute Gasteiger partial charge is 0.412 e. The van der Waals surface area contributed by atoms with Crippen molar-refractivity contribution in [3.63, 3.8) is 0 Å². The van der Waals surface area contributed by atoms with Crippen LogP contribution in [-0.4, -0.2) is 33.5 Å². The first-order valence-electron chi connectivity index (χ1n) is 4.41. The maximum atomic E-state index is 11.1. The Kier molecular flexibility index (Phi) is 4.05. The van der Waals surface area contributed by atoms with Crippen molar-refractivity contribution in [3.8, 4) is 0 Å². The third kappa shape index (κ3) is 3.60. The molecule has 0 saturated carbocycles. The second-order valence-corrected chi connectivity index (χ2v) is 4.09. The van der Waals surface area contributed by atoms with E-state index in [1.165, 1.54) is 0 Å². The van der Waals surface area contributed by atoms with Crippen LogP contribution in [0.3, 0.4) is 0 Å². The number of rotatable bonds is 3. The molecule has 0 aliphatic heterocycles. The maximum Gasteiger partial charge on any atom is 0.412 e. The van der Waals surface area contributed by atoms with Gasteiger partial charge >= 0.3 is 6.09 Å². The van der Waals surface area contributed by atoms with Gasteiger partial charge in [-0.05, 0) is 20.8 Å². The molecule has 0 saturated heterocycles. The van der Waals surface area contributed by atoms with E-state index in [2.05, 4.69) is 0 Å². The van der Waals surface area contributed by atoms with Gasteiger partial charge in [0.2, 0.25) is 5.91 Å². The number of hydrogen-bond donors (Lipinski definition) is 3. The summed E-state index contributed by atoms with van der Waals surface area (Å²) in [5, 5.41) is 8.97. The minimum atomic E-state index is -1.39. The molecule has 7 nitrogen and oxygen atoms in total. The van der Waals surface area contributed by atoms with E-state index >= 15 is 0 Å². The van der Waals surface area contributed by atoms with Crippen LogP contribution in [0, 0.1) is 0 Å². The molecule has 0 aromatic rings. The third-order valence-electron chi connectivity index (χ3n) is 1.63. The monoisotopic (exact) mass is 229 g/mol. The van der Waals surface area contributed by atoms with Crippen molar-refractivity contribution < 1.29 is 19.5 Å². The van der Waals surface area contributed by atoms with Crippen LogP contribution in [0.25, 0.3) is 0 Å². The lowest BCUT2D eigenvalue weighted by atomic mass is 10.1. The number of hydrogen-bond acceptors (Lipinski definition) is 3. The zero-order valence-corrected chi connectivity index (χ0v) is 9.35. The molecule has 0 aromatic carbocycles. The largest absolute Gasteiger partial charge is 0.465 e. The van der Waals surface area contributed by atoms with Crippen LogP contribution in [0.15, 0.2) is 11.8 Å². The predicted octanol–water partition coefficient (Wildman–Crippen LogP) is -0.381. The van der Waals surface area contributed by atoms with E-state index in [1.807, 2.05) is 0 Å². The summed E-state index contributed by atoms with van der Waals surface area (Å²) in [7, 11) is 0. The molecule has 0 heterocycles. The molecule has 0 aliphatic carbocycles. The first-order chi connectivity index (χ1) is 7.07. The number of nitrogens with two attached hydrogens (primary N) is 2. The van der Waals surface area contributed by atoms with Crippen LogP contribution in [0.1, 0.15) is 20.8 Å². The Bertz CT molecular complexity index is 354. The molecule has 90 valence electrons. The number of primary amides is 2. The van der Waals surface area contributed by atoms with Crippen LogP contribution >= 0.6 is 0 Å². The standard InChI is InChI=1S/C9H15N3O4/c1-9(2,3)12(8(15)16)5(7(11)14)4-6(10)13/h4H,1-3H3,(H2,10,13)(H2,11,14)(H,15,16)/b5-4-. The van der Waals surface area contributed by atoms with E-state index in [1.54, 1.807) is 20.8 Å². The summed E-state index contributed by atoms with van der Waals surface area (Å²) in [5.41, 5.74) is 8.50. The van der Waals surface area contributed by atoms with Crippen molar-refractivity contribution in [2.24, 2.45) is 11.5 Å². The second kappa shape index (κ2) is 4.65. The average Bonchev–Trinajstić information content (AvgIpc) is 1.97. The second-order valence-electron chi connectivity index (χ2n) is 4.09. The van der Waals surface area contributed by atoms with E-state index in [-0.39, 0.29) is 0 Å². The Morgan fingerprint density at radius 1 is 1.19 bits per heavy atom. The molecular formula is C9H15N3O4. The lowest BCUT2D eigenvalue weighted by molar-refractivity contribution is -0.118. The lowest BCUT2D eigenvalue weighted by Crippen LogP contribution is -2.47. The summed E-state index contributed by atoms with van der Waals surface area (Å²) in [4.78, 5) is 33.4. The predicted molar refractivity (Wildman–Crippen MR) is 56.1 cm³/mol. The minimum Gasteiger partial charge on any atom is -0.465 e. The molecule has 16 heavy (non-hydrogen) atoms. The van der Waals surface area contributed by atoms with Gasteiger partial charge in [0.05, 0.1) is 0 Å². The first kappa shape index (κ1) is 13.9. The zero-order chi connectivity index (χ0) is 13.1. The van der Waals surface area contributed by atoms with Crippen LogP contribution in [-0.2, 0) is 9.59 Å². The van der Waals surface area contributed by atoms with Gasteiger partial charge in [-0.3, -0.25) is 14.5 Å². The first-order valence-corrected chi connectivity index (χ1v) is 4.41. The van der Waals surface area contributed by atoms with Crippen molar-refractivity contribution in [2.75, 3.05) is 0 Å². The summed E-state index contributed by atoms with van der Waals surface area (Å²) in [6.45, 7) is 4.66. The molecule has 5 N–H and O–H groups in total. The van der Waals surface area contributed by atoms with E-state index < -0.39 is 29.1 Å². The van der Waals surface area contributed by atoms with Crippen molar-refractivity contribution >= 4 is 17.9 Å². The van der Waals surface area contributed by atoms with Crippen molar-refractivity contribution in [1.29, 1.82) is 0 Å². The minimum absolute atomic E-state index is 0.451. The summed E-state index contributed by atoms with van der Waals surface area (Å²) in [5.74, 6) is -1.97. The van der Waals surface area contributed by atoms with Crippen LogP contribution < -0.4 is 11.5 Å². The Hall–Kier alpha value is -2.05. The van der Waals surface area contributed by atoms with Crippen molar-refractivity contribution in [2.45, 2.75) is 26.3 Å². The van der Waals surface area contributed by atoms with Gasteiger partial charge in [-0.1, -0.05) is 0 Å². The van der Waals surface area contributed by atoms with E-state index in [0.29, 0.717) is 11.0 Å². The molecule has 0 aliphatic rings. The number of carbonyl (C=O) groups excluding carboxylic acids is 2. The number of carbonyl (C=O) groups is 3. The van der Waals surface area contributed by atoms with Gasteiger partial charge < -0.3 is 16.6 Å². The molecular weight excluding hydrogens is 214 g/mol. The van der Waals surface area contributed by atoms with E-state index in [0.717, 1.165) is 0 Å². The van der Waals surface area contributed by atoms with Gasteiger partial charge in [0.25, 0.3) is 5.91 Å². The Labute approximate surface area is 92.7 Å². The third-order valence-corrected chi connectivity index (χ3v) is 1.63. The quantitative estimate of drug-likeness (QED) is 0.570. The van der Waals surface area contributed by atoms with Crippen LogP contribution in [0.4, 0.5) is 4.79 Å². The number of amides is 3. The highest BCUT2D eigenvalue weighted by Crippen LogP contribution is 2.19. The lowest BCUT2D eigenvalue weighted by Gasteiger charge is -2.33. The number of carboxylic acid groups (broad SMARTS) is 1. The molecule has 0 unspecified atom stereocenters. The normalized spacial score (nSPS) is 12.1. The molecule has 3 amide bonds. The average molecular weight is 229 g/mol. The molecule has 0 bridgehead atoms. The van der Waals surface area contributed by atoms with Crippen LogP contribution in [0.5, 0.6) is 0 Å². The topological polar surface area (TPSA) is 127 Å². The fraction of sp³-hybridized carbons (Fsp3) is 0.444. The highest BCUT2D eigenvalue weighted by molar-refractivity contribution is 6.01. The van der Waals surface area contributed by atoms with Crippen molar-refractivity contribution in [1.82, 2.24) is 4.90 Å². The zero-order valence-electron chi connectivity index (χ0n) is 9.35. The number of nitrogens with zero attached hydrogens (tertiary/aromatic N) is 1. The highest BCUT2D eigenvalue weighted by atomic mass is 16.4. The summed E-state index contributed by atoms with van der Waals surface area (Å²) in [6.07, 6.45) is -0.694. The summed E-state index contributed by atoms with van der Waals surface area (Å²) in [6, 6.07) is 0. The van der Waals surface area contributed by atoms with Gasteiger partial charge in [-0.2, -0.15) is 0 Å². The Morgan fingerprint density at radius 3 is 1.81 bits per heavy atom. The molecule has 0 radical (unpaired) electrons. The maximum absolute atomic E-state index is 11.1. The van der Waals surface area contributed by atoms with Gasteiger partial charge in [-0.15, -0.1) is 0 Å². The molecule has 7 heteroatoms. The summed E-state index contributed by atoms with van der Waals surface area (Å²) < 4.78 is 0. The Morgan fingerprint density at radius 2 is 1.62 bits per heavy atom. The molecule has 0 atom stereocenters. The molecule has 0 spiro atoms. The highest BCUT2D eigenvalue weighted by Gasteiger charge is 2.32. The van der Waals surface area contributed by atoms with Gasteiger partial charge in [-0.25, -0.2) is 4.79 Å². The molecule has 0 fully saturated rings. The van der Waals surface area contributed by atoms with Gasteiger partial charge in [0, 0.05) is 11.6 Å². The van der Waals surface area contributed by atoms with Gasteiger partial charge in [0.15, 0.2) is 0 Å². The summed E-state index contributed by atoms with van der Waals surface area (Å²) >= 11 is 0. The molecule has 0 aromatic heterocycles. The van der Waals surface area contributed by atoms with Crippen LogP contribution in [0.2, 0.25) is 0 Å². The molecule has 0 rings (SSSR count). The van der Waals surface area contributed by atoms with Crippen molar-refractivity contribution in [3.05, 3.63) is 11.8 Å². The fourth-order valence-electron chi connectivity index (χ4n) is 1.13. The SMILES string of the molecule is CC(C)(C)N(C(=O)O)/C(=C\C(N)=O)C(N)=O. The van der Waals surface area contributed by atoms with Gasteiger partial charge in [0.1, 0.15) is 5.70 Å². The van der Waals surface area contributed by atoms with E-state index in [9.17, 15) is 14.4 Å². The Balaban J connectivity index is 5.56. The fourth-order valence-corrected chi connectivity index (χ4v) is 1.13. The van der Waals surface area contributed by atoms with E-state index in [4.69, 9.17) is 16.6 Å².